The van der Waals surface area contributed by atoms with E-state index < -0.39 is 0 Å². The molecule has 2 rings (SSSR count). The average Bonchev–Trinajstić information content (AvgIpc) is 2.39. The molecule has 0 spiro atoms. The van der Waals surface area contributed by atoms with Gasteiger partial charge in [0, 0.05) is 15.7 Å². The second-order valence-corrected chi connectivity index (χ2v) is 6.23. The fourth-order valence-corrected chi connectivity index (χ4v) is 2.90. The Hall–Kier alpha value is -1.74. The smallest absolute Gasteiger partial charge is 0.248 e. The molecule has 0 heterocycles. The Kier molecular flexibility index (Phi) is 4.27. The van der Waals surface area contributed by atoms with Gasteiger partial charge in [-0.1, -0.05) is 50.2 Å². The first-order valence-corrected chi connectivity index (χ1v) is 7.12. The number of nitrogens with two attached hydrogens (primary N) is 1. The quantitative estimate of drug-likeness (QED) is 0.855. The highest BCUT2D eigenvalue weighted by Gasteiger charge is 2.10. The molecule has 1 amide bonds. The van der Waals surface area contributed by atoms with E-state index in [0.29, 0.717) is 10.8 Å². The second kappa shape index (κ2) is 5.93. The molecule has 0 saturated carbocycles. The summed E-state index contributed by atoms with van der Waals surface area (Å²) < 4.78 is 0. The number of carbonyl (C=O) groups is 1. The van der Waals surface area contributed by atoms with E-state index in [1.165, 1.54) is 0 Å². The molecular weight excluding hydrogens is 254 g/mol. The zero-order valence-corrected chi connectivity index (χ0v) is 11.9. The maximum absolute atomic E-state index is 11.3. The van der Waals surface area contributed by atoms with Crippen LogP contribution >= 0.6 is 11.8 Å². The summed E-state index contributed by atoms with van der Waals surface area (Å²) in [5.41, 5.74) is 8.21. The average molecular weight is 271 g/mol. The SMILES string of the molecule is CC(C)Sc1cc(C(N)=O)ccc1-c1ccccc1. The minimum atomic E-state index is -0.384. The number of thioether (sulfide) groups is 1. The van der Waals surface area contributed by atoms with Gasteiger partial charge in [-0.3, -0.25) is 4.79 Å². The molecule has 2 aromatic carbocycles. The number of amides is 1. The standard InChI is InChI=1S/C16H17NOS/c1-11(2)19-15-10-13(16(17)18)8-9-14(15)12-6-4-3-5-7-12/h3-11H,1-2H3,(H2,17,18). The highest BCUT2D eigenvalue weighted by Crippen LogP contribution is 2.34. The predicted octanol–water partition coefficient (Wildman–Crippen LogP) is 3.95. The molecule has 0 fully saturated rings. The highest BCUT2D eigenvalue weighted by molar-refractivity contribution is 8.00. The van der Waals surface area contributed by atoms with Gasteiger partial charge in [-0.25, -0.2) is 0 Å². The van der Waals surface area contributed by atoms with Gasteiger partial charge in [0.05, 0.1) is 0 Å². The van der Waals surface area contributed by atoms with Crippen LogP contribution in [-0.4, -0.2) is 11.2 Å². The van der Waals surface area contributed by atoms with Crippen molar-refractivity contribution in [3.8, 4) is 11.1 Å². The van der Waals surface area contributed by atoms with E-state index in [2.05, 4.69) is 26.0 Å². The van der Waals surface area contributed by atoms with Crippen LogP contribution in [0.2, 0.25) is 0 Å². The Bertz CT molecular complexity index is 579. The van der Waals surface area contributed by atoms with Gasteiger partial charge in [-0.15, -0.1) is 11.8 Å². The van der Waals surface area contributed by atoms with Crippen LogP contribution in [0, 0.1) is 0 Å². The Morgan fingerprint density at radius 2 is 1.79 bits per heavy atom. The van der Waals surface area contributed by atoms with Crippen molar-refractivity contribution in [3.05, 3.63) is 54.1 Å². The van der Waals surface area contributed by atoms with Crippen LogP contribution < -0.4 is 5.73 Å². The summed E-state index contributed by atoms with van der Waals surface area (Å²) >= 11 is 1.74. The van der Waals surface area contributed by atoms with E-state index >= 15 is 0 Å². The van der Waals surface area contributed by atoms with Crippen LogP contribution in [0.5, 0.6) is 0 Å². The summed E-state index contributed by atoms with van der Waals surface area (Å²) in [6.45, 7) is 4.27. The van der Waals surface area contributed by atoms with Crippen LogP contribution in [0.15, 0.2) is 53.4 Å². The van der Waals surface area contributed by atoms with Crippen molar-refractivity contribution in [2.45, 2.75) is 24.0 Å². The predicted molar refractivity (Wildman–Crippen MR) is 81.4 cm³/mol. The van der Waals surface area contributed by atoms with Gasteiger partial charge in [0.15, 0.2) is 0 Å². The minimum absolute atomic E-state index is 0.384. The molecule has 0 atom stereocenters. The monoisotopic (exact) mass is 271 g/mol. The van der Waals surface area contributed by atoms with Crippen LogP contribution in [-0.2, 0) is 0 Å². The summed E-state index contributed by atoms with van der Waals surface area (Å²) in [5.74, 6) is -0.384. The number of hydrogen-bond acceptors (Lipinski definition) is 2. The van der Waals surface area contributed by atoms with E-state index in [4.69, 9.17) is 5.73 Å². The minimum Gasteiger partial charge on any atom is -0.366 e. The van der Waals surface area contributed by atoms with E-state index in [1.807, 2.05) is 30.3 Å². The lowest BCUT2D eigenvalue weighted by molar-refractivity contribution is 0.1000. The van der Waals surface area contributed by atoms with Gasteiger partial charge in [0.2, 0.25) is 5.91 Å². The van der Waals surface area contributed by atoms with Gasteiger partial charge in [-0.2, -0.15) is 0 Å². The molecule has 0 aliphatic heterocycles. The fourth-order valence-electron chi connectivity index (χ4n) is 1.88. The van der Waals surface area contributed by atoms with E-state index in [0.717, 1.165) is 16.0 Å². The van der Waals surface area contributed by atoms with Crippen molar-refractivity contribution >= 4 is 17.7 Å². The van der Waals surface area contributed by atoms with Gasteiger partial charge in [0.1, 0.15) is 0 Å². The first kappa shape index (κ1) is 13.7. The van der Waals surface area contributed by atoms with Crippen molar-refractivity contribution in [1.82, 2.24) is 0 Å². The molecule has 0 saturated heterocycles. The van der Waals surface area contributed by atoms with Gasteiger partial charge in [-0.05, 0) is 23.3 Å². The molecule has 2 nitrogen and oxygen atoms in total. The Labute approximate surface area is 118 Å². The van der Waals surface area contributed by atoms with E-state index in [1.54, 1.807) is 17.8 Å². The van der Waals surface area contributed by atoms with Gasteiger partial charge >= 0.3 is 0 Å². The van der Waals surface area contributed by atoms with Crippen molar-refractivity contribution in [1.29, 1.82) is 0 Å². The summed E-state index contributed by atoms with van der Waals surface area (Å²) in [7, 11) is 0. The number of primary amides is 1. The molecule has 19 heavy (non-hydrogen) atoms. The molecule has 0 radical (unpaired) electrons. The Morgan fingerprint density at radius 3 is 2.37 bits per heavy atom. The molecule has 0 unspecified atom stereocenters. The lowest BCUT2D eigenvalue weighted by Gasteiger charge is -2.12. The second-order valence-electron chi connectivity index (χ2n) is 4.61. The maximum atomic E-state index is 11.3. The molecule has 98 valence electrons. The van der Waals surface area contributed by atoms with Gasteiger partial charge < -0.3 is 5.73 Å². The normalized spacial score (nSPS) is 10.7. The maximum Gasteiger partial charge on any atom is 0.248 e. The molecule has 0 aliphatic rings. The number of carbonyl (C=O) groups excluding carboxylic acids is 1. The zero-order valence-electron chi connectivity index (χ0n) is 11.1. The number of hydrogen-bond donors (Lipinski definition) is 1. The third-order valence-electron chi connectivity index (χ3n) is 2.71. The fraction of sp³-hybridized carbons (Fsp3) is 0.188. The van der Waals surface area contributed by atoms with Crippen molar-refractivity contribution in [2.75, 3.05) is 0 Å². The summed E-state index contributed by atoms with van der Waals surface area (Å²) in [5, 5.41) is 0.450. The molecule has 2 N–H and O–H groups in total. The summed E-state index contributed by atoms with van der Waals surface area (Å²) in [4.78, 5) is 12.4. The molecule has 0 aromatic heterocycles. The molecule has 2 aromatic rings. The highest BCUT2D eigenvalue weighted by atomic mass is 32.2. The van der Waals surface area contributed by atoms with Crippen LogP contribution in [0.1, 0.15) is 24.2 Å². The zero-order chi connectivity index (χ0) is 13.8. The first-order valence-electron chi connectivity index (χ1n) is 6.24. The third kappa shape index (κ3) is 3.38. The first-order chi connectivity index (χ1) is 9.08. The van der Waals surface area contributed by atoms with E-state index in [9.17, 15) is 4.79 Å². The van der Waals surface area contributed by atoms with Gasteiger partial charge in [0.25, 0.3) is 0 Å². The largest absolute Gasteiger partial charge is 0.366 e. The molecule has 0 bridgehead atoms. The van der Waals surface area contributed by atoms with Crippen LogP contribution in [0.4, 0.5) is 0 Å². The molecule has 3 heteroatoms. The number of rotatable bonds is 4. The summed E-state index contributed by atoms with van der Waals surface area (Å²) in [6.07, 6.45) is 0. The Morgan fingerprint density at radius 1 is 1.11 bits per heavy atom. The summed E-state index contributed by atoms with van der Waals surface area (Å²) in [6, 6.07) is 15.8. The topological polar surface area (TPSA) is 43.1 Å². The van der Waals surface area contributed by atoms with Crippen LogP contribution in [0.25, 0.3) is 11.1 Å². The van der Waals surface area contributed by atoms with Crippen molar-refractivity contribution in [3.63, 3.8) is 0 Å². The molecule has 0 aliphatic carbocycles. The lowest BCUT2D eigenvalue weighted by Crippen LogP contribution is -2.11. The number of benzene rings is 2. The lowest BCUT2D eigenvalue weighted by atomic mass is 10.0. The van der Waals surface area contributed by atoms with Crippen LogP contribution in [0.3, 0.4) is 0 Å². The van der Waals surface area contributed by atoms with E-state index in [-0.39, 0.29) is 5.91 Å². The van der Waals surface area contributed by atoms with Crippen molar-refractivity contribution < 1.29 is 4.79 Å². The third-order valence-corrected chi connectivity index (χ3v) is 3.78. The molecular formula is C16H17NOS. The Balaban J connectivity index is 2.51. The van der Waals surface area contributed by atoms with Crippen molar-refractivity contribution in [2.24, 2.45) is 5.73 Å².